The van der Waals surface area contributed by atoms with Crippen LogP contribution < -0.4 is 10.2 Å². The molecule has 0 aliphatic carbocycles. The summed E-state index contributed by atoms with van der Waals surface area (Å²) in [6.45, 7) is 1.28. The van der Waals surface area contributed by atoms with Crippen molar-refractivity contribution in [2.75, 3.05) is 22.6 Å². The first kappa shape index (κ1) is 20.1. The summed E-state index contributed by atoms with van der Waals surface area (Å²) < 4.78 is 0. The molecule has 0 bridgehead atoms. The standard InChI is InChI=1S/C20H17ClN2O4S/c1-12(25)22-15-7-5-13(6-8-15)17-18(28-10-9-24)20(27)23(19(17)26)16-4-2-3-14(21)11-16/h2-8,11,24H,9-10H2,1H3,(H,22,25). The van der Waals surface area contributed by atoms with E-state index in [9.17, 15) is 14.4 Å². The fourth-order valence-corrected chi connectivity index (χ4v) is 3.86. The van der Waals surface area contributed by atoms with Crippen molar-refractivity contribution in [1.82, 2.24) is 0 Å². The highest BCUT2D eigenvalue weighted by Crippen LogP contribution is 2.39. The maximum atomic E-state index is 13.1. The highest BCUT2D eigenvalue weighted by molar-refractivity contribution is 8.04. The lowest BCUT2D eigenvalue weighted by Gasteiger charge is -2.15. The minimum absolute atomic E-state index is 0.123. The van der Waals surface area contributed by atoms with Crippen LogP contribution in [0, 0.1) is 0 Å². The number of anilines is 2. The minimum Gasteiger partial charge on any atom is -0.396 e. The molecular weight excluding hydrogens is 400 g/mol. The molecule has 0 aromatic heterocycles. The summed E-state index contributed by atoms with van der Waals surface area (Å²) in [5, 5.41) is 12.2. The maximum Gasteiger partial charge on any atom is 0.272 e. The van der Waals surface area contributed by atoms with Crippen molar-refractivity contribution in [2.24, 2.45) is 0 Å². The number of nitrogens with one attached hydrogen (secondary N) is 1. The molecule has 28 heavy (non-hydrogen) atoms. The molecule has 0 spiro atoms. The number of rotatable bonds is 6. The molecule has 2 aromatic carbocycles. The van der Waals surface area contributed by atoms with E-state index in [1.807, 2.05) is 0 Å². The molecule has 1 heterocycles. The summed E-state index contributed by atoms with van der Waals surface area (Å²) in [5.41, 5.74) is 1.79. The Balaban J connectivity index is 2.01. The molecule has 2 aromatic rings. The van der Waals surface area contributed by atoms with E-state index < -0.39 is 11.8 Å². The number of benzene rings is 2. The number of hydrogen-bond donors (Lipinski definition) is 2. The van der Waals surface area contributed by atoms with E-state index in [4.69, 9.17) is 16.7 Å². The number of aliphatic hydroxyl groups is 1. The lowest BCUT2D eigenvalue weighted by molar-refractivity contribution is -0.120. The van der Waals surface area contributed by atoms with Crippen molar-refractivity contribution in [3.05, 3.63) is 64.0 Å². The number of carbonyl (C=O) groups is 3. The Morgan fingerprint density at radius 3 is 2.46 bits per heavy atom. The predicted molar refractivity (Wildman–Crippen MR) is 111 cm³/mol. The molecule has 3 rings (SSSR count). The molecule has 1 aliphatic heterocycles. The number of thioether (sulfide) groups is 1. The molecule has 3 amide bonds. The lowest BCUT2D eigenvalue weighted by Crippen LogP contribution is -2.31. The third-order valence-electron chi connectivity index (χ3n) is 3.94. The summed E-state index contributed by atoms with van der Waals surface area (Å²) in [7, 11) is 0. The van der Waals surface area contributed by atoms with Crippen molar-refractivity contribution in [3.63, 3.8) is 0 Å². The zero-order chi connectivity index (χ0) is 20.3. The third kappa shape index (κ3) is 4.11. The van der Waals surface area contributed by atoms with Crippen molar-refractivity contribution in [3.8, 4) is 0 Å². The summed E-state index contributed by atoms with van der Waals surface area (Å²) in [5.74, 6) is -0.831. The van der Waals surface area contributed by atoms with Gasteiger partial charge in [-0.2, -0.15) is 0 Å². The van der Waals surface area contributed by atoms with E-state index >= 15 is 0 Å². The first-order valence-corrected chi connectivity index (χ1v) is 9.79. The van der Waals surface area contributed by atoms with Crippen molar-refractivity contribution in [2.45, 2.75) is 6.92 Å². The van der Waals surface area contributed by atoms with Gasteiger partial charge in [-0.3, -0.25) is 14.4 Å². The van der Waals surface area contributed by atoms with Gasteiger partial charge < -0.3 is 10.4 Å². The first-order valence-electron chi connectivity index (χ1n) is 8.42. The fraction of sp³-hybridized carbons (Fsp3) is 0.150. The number of amides is 3. The second-order valence-electron chi connectivity index (χ2n) is 5.96. The van der Waals surface area contributed by atoms with Crippen LogP contribution in [0.4, 0.5) is 11.4 Å². The normalized spacial score (nSPS) is 14.0. The van der Waals surface area contributed by atoms with Gasteiger partial charge in [0.1, 0.15) is 0 Å². The number of hydrogen-bond acceptors (Lipinski definition) is 5. The van der Waals surface area contributed by atoms with Crippen LogP contribution in [-0.4, -0.2) is 35.2 Å². The van der Waals surface area contributed by atoms with Crippen LogP contribution >= 0.6 is 23.4 Å². The fourth-order valence-electron chi connectivity index (χ4n) is 2.82. The predicted octanol–water partition coefficient (Wildman–Crippen LogP) is 3.31. The van der Waals surface area contributed by atoms with Crippen molar-refractivity contribution in [1.29, 1.82) is 0 Å². The quantitative estimate of drug-likeness (QED) is 0.705. The second-order valence-corrected chi connectivity index (χ2v) is 7.50. The van der Waals surface area contributed by atoms with Gasteiger partial charge in [0.25, 0.3) is 11.8 Å². The Bertz CT molecular complexity index is 972. The molecule has 0 radical (unpaired) electrons. The SMILES string of the molecule is CC(=O)Nc1ccc(C2=C(SCCO)C(=O)N(c3cccc(Cl)c3)C2=O)cc1. The first-order chi connectivity index (χ1) is 13.4. The number of aliphatic hydroxyl groups excluding tert-OH is 1. The maximum absolute atomic E-state index is 13.1. The van der Waals surface area contributed by atoms with Crippen LogP contribution in [-0.2, 0) is 14.4 Å². The molecule has 2 N–H and O–H groups in total. The Morgan fingerprint density at radius 1 is 1.14 bits per heavy atom. The van der Waals surface area contributed by atoms with Gasteiger partial charge in [0, 0.05) is 23.4 Å². The van der Waals surface area contributed by atoms with Gasteiger partial charge in [0.2, 0.25) is 5.91 Å². The van der Waals surface area contributed by atoms with Crippen molar-refractivity contribution >= 4 is 58.0 Å². The molecular formula is C20H17ClN2O4S. The molecule has 8 heteroatoms. The number of nitrogens with zero attached hydrogens (tertiary/aromatic N) is 1. The molecule has 0 fully saturated rings. The molecule has 1 aliphatic rings. The average Bonchev–Trinajstić information content (AvgIpc) is 2.90. The summed E-state index contributed by atoms with van der Waals surface area (Å²) >= 11 is 7.15. The second kappa shape index (κ2) is 8.60. The number of carbonyl (C=O) groups excluding carboxylic acids is 3. The van der Waals surface area contributed by atoms with Crippen LogP contribution in [0.3, 0.4) is 0 Å². The van der Waals surface area contributed by atoms with E-state index in [2.05, 4.69) is 5.32 Å². The van der Waals surface area contributed by atoms with Gasteiger partial charge in [0.05, 0.1) is 22.8 Å². The van der Waals surface area contributed by atoms with Crippen molar-refractivity contribution < 1.29 is 19.5 Å². The van der Waals surface area contributed by atoms with E-state index in [0.717, 1.165) is 16.7 Å². The van der Waals surface area contributed by atoms with Crippen LogP contribution in [0.5, 0.6) is 0 Å². The lowest BCUT2D eigenvalue weighted by atomic mass is 10.1. The Labute approximate surface area is 171 Å². The van der Waals surface area contributed by atoms with E-state index in [1.54, 1.807) is 48.5 Å². The third-order valence-corrected chi connectivity index (χ3v) is 5.23. The smallest absolute Gasteiger partial charge is 0.272 e. The number of imide groups is 1. The summed E-state index contributed by atoms with van der Waals surface area (Å²) in [6.07, 6.45) is 0. The minimum atomic E-state index is -0.458. The van der Waals surface area contributed by atoms with Gasteiger partial charge >= 0.3 is 0 Å². The van der Waals surface area contributed by atoms with Gasteiger partial charge in [-0.25, -0.2) is 4.90 Å². The molecule has 6 nitrogen and oxygen atoms in total. The van der Waals surface area contributed by atoms with Gasteiger partial charge in [-0.05, 0) is 35.9 Å². The summed E-state index contributed by atoms with van der Waals surface area (Å²) in [6, 6.07) is 13.2. The average molecular weight is 417 g/mol. The molecule has 144 valence electrons. The monoisotopic (exact) mass is 416 g/mol. The highest BCUT2D eigenvalue weighted by Gasteiger charge is 2.40. The zero-order valence-electron chi connectivity index (χ0n) is 14.9. The van der Waals surface area contributed by atoms with E-state index in [-0.39, 0.29) is 28.7 Å². The number of halogens is 1. The highest BCUT2D eigenvalue weighted by atomic mass is 35.5. The molecule has 0 unspecified atom stereocenters. The Hall–Kier alpha value is -2.61. The van der Waals surface area contributed by atoms with E-state index in [1.165, 1.54) is 6.92 Å². The van der Waals surface area contributed by atoms with Crippen LogP contribution in [0.25, 0.3) is 5.57 Å². The molecule has 0 atom stereocenters. The van der Waals surface area contributed by atoms with Gasteiger partial charge in [-0.15, -0.1) is 11.8 Å². The topological polar surface area (TPSA) is 86.7 Å². The Kier molecular flexibility index (Phi) is 6.18. The van der Waals surface area contributed by atoms with Crippen LogP contribution in [0.1, 0.15) is 12.5 Å². The van der Waals surface area contributed by atoms with Crippen LogP contribution in [0.15, 0.2) is 53.4 Å². The molecule has 0 saturated heterocycles. The largest absolute Gasteiger partial charge is 0.396 e. The zero-order valence-corrected chi connectivity index (χ0v) is 16.5. The Morgan fingerprint density at radius 2 is 1.86 bits per heavy atom. The molecule has 0 saturated carbocycles. The van der Waals surface area contributed by atoms with Crippen LogP contribution in [0.2, 0.25) is 5.02 Å². The van der Waals surface area contributed by atoms with Gasteiger partial charge in [-0.1, -0.05) is 29.8 Å². The summed E-state index contributed by atoms with van der Waals surface area (Å²) in [4.78, 5) is 38.6. The van der Waals surface area contributed by atoms with E-state index in [0.29, 0.717) is 22.0 Å². The van der Waals surface area contributed by atoms with Gasteiger partial charge in [0.15, 0.2) is 0 Å².